The average molecular weight is 434 g/mol. The van der Waals surface area contributed by atoms with Gasteiger partial charge in [0, 0.05) is 20.1 Å². The van der Waals surface area contributed by atoms with Crippen LogP contribution in [0.25, 0.3) is 0 Å². The first-order chi connectivity index (χ1) is 14.5. The molecule has 1 aliphatic heterocycles. The summed E-state index contributed by atoms with van der Waals surface area (Å²) >= 11 is 1.34. The number of nitrogens with zero attached hydrogens (tertiary/aromatic N) is 4. The molecule has 2 heterocycles. The lowest BCUT2D eigenvalue weighted by Crippen LogP contribution is -2.41. The zero-order valence-electron chi connectivity index (χ0n) is 17.5. The maximum atomic E-state index is 12.4. The normalized spacial score (nSPS) is 15.0. The van der Waals surface area contributed by atoms with Crippen LogP contribution in [0, 0.1) is 0 Å². The van der Waals surface area contributed by atoms with E-state index in [9.17, 15) is 9.59 Å². The van der Waals surface area contributed by atoms with Gasteiger partial charge in [0.1, 0.15) is 5.75 Å². The molecule has 1 aliphatic rings. The van der Waals surface area contributed by atoms with E-state index in [1.54, 1.807) is 12.0 Å². The molecule has 0 saturated carbocycles. The molecule has 2 amide bonds. The average Bonchev–Trinajstić information content (AvgIpc) is 3.13. The predicted octanol–water partition coefficient (Wildman–Crippen LogP) is 1.19. The van der Waals surface area contributed by atoms with Crippen molar-refractivity contribution in [1.82, 2.24) is 25.0 Å². The van der Waals surface area contributed by atoms with Crippen LogP contribution in [-0.2, 0) is 27.8 Å². The Hall–Kier alpha value is -2.59. The summed E-state index contributed by atoms with van der Waals surface area (Å²) in [4.78, 5) is 26.5. The minimum atomic E-state index is -0.308. The second-order valence-corrected chi connectivity index (χ2v) is 7.94. The van der Waals surface area contributed by atoms with Gasteiger partial charge in [0.05, 0.1) is 38.5 Å². The maximum Gasteiger partial charge on any atom is 0.233 e. The Morgan fingerprint density at radius 1 is 1.23 bits per heavy atom. The Morgan fingerprint density at radius 2 is 1.93 bits per heavy atom. The fourth-order valence-electron chi connectivity index (χ4n) is 3.15. The quantitative estimate of drug-likeness (QED) is 0.625. The molecule has 10 heteroatoms. The fourth-order valence-corrected chi connectivity index (χ4v) is 3.97. The largest absolute Gasteiger partial charge is 0.497 e. The molecule has 9 nitrogen and oxygen atoms in total. The first-order valence-electron chi connectivity index (χ1n) is 9.78. The minimum Gasteiger partial charge on any atom is -0.497 e. The third-order valence-corrected chi connectivity index (χ3v) is 5.85. The van der Waals surface area contributed by atoms with Crippen molar-refractivity contribution in [2.75, 3.05) is 39.2 Å². The van der Waals surface area contributed by atoms with E-state index in [2.05, 4.69) is 15.5 Å². The van der Waals surface area contributed by atoms with Crippen LogP contribution < -0.4 is 10.1 Å². The zero-order valence-corrected chi connectivity index (χ0v) is 18.3. The highest BCUT2D eigenvalue weighted by molar-refractivity contribution is 7.99. The van der Waals surface area contributed by atoms with E-state index in [1.807, 2.05) is 42.8 Å². The first kappa shape index (κ1) is 22.1. The molecule has 0 radical (unpaired) electrons. The molecule has 30 heavy (non-hydrogen) atoms. The second-order valence-electron chi connectivity index (χ2n) is 7.00. The predicted molar refractivity (Wildman–Crippen MR) is 112 cm³/mol. The van der Waals surface area contributed by atoms with E-state index in [0.717, 1.165) is 11.3 Å². The van der Waals surface area contributed by atoms with Gasteiger partial charge in [0.2, 0.25) is 11.8 Å². The number of ether oxygens (including phenoxy) is 2. The number of amides is 2. The van der Waals surface area contributed by atoms with Gasteiger partial charge in [0.25, 0.3) is 0 Å². The molecule has 0 bridgehead atoms. The van der Waals surface area contributed by atoms with Gasteiger partial charge >= 0.3 is 0 Å². The number of hydrogen-bond donors (Lipinski definition) is 1. The van der Waals surface area contributed by atoms with Crippen LogP contribution in [0.3, 0.4) is 0 Å². The van der Waals surface area contributed by atoms with Crippen molar-refractivity contribution in [3.05, 3.63) is 35.7 Å². The highest BCUT2D eigenvalue weighted by Crippen LogP contribution is 2.20. The Bertz CT molecular complexity index is 865. The molecule has 1 N–H and O–H groups in total. The highest BCUT2D eigenvalue weighted by Gasteiger charge is 2.21. The number of hydrogen-bond acceptors (Lipinski definition) is 7. The molecule has 1 fully saturated rings. The molecule has 162 valence electrons. The molecule has 1 aromatic heterocycles. The SMILES string of the molecule is COc1ccc(CC(=O)NC(C)c2nnc(SCC(=O)N3CCOCC3)n2C)cc1. The van der Waals surface area contributed by atoms with Crippen LogP contribution in [0.2, 0.25) is 0 Å². The molecule has 1 saturated heterocycles. The molecule has 1 unspecified atom stereocenters. The zero-order chi connectivity index (χ0) is 21.5. The van der Waals surface area contributed by atoms with Gasteiger partial charge in [0.15, 0.2) is 11.0 Å². The van der Waals surface area contributed by atoms with E-state index in [4.69, 9.17) is 9.47 Å². The van der Waals surface area contributed by atoms with Gasteiger partial charge in [-0.05, 0) is 24.6 Å². The van der Waals surface area contributed by atoms with Crippen LogP contribution in [0.1, 0.15) is 24.4 Å². The van der Waals surface area contributed by atoms with Gasteiger partial charge in [-0.3, -0.25) is 9.59 Å². The number of nitrogens with one attached hydrogen (secondary N) is 1. The van der Waals surface area contributed by atoms with Gasteiger partial charge < -0.3 is 24.3 Å². The van der Waals surface area contributed by atoms with Crippen molar-refractivity contribution in [3.63, 3.8) is 0 Å². The summed E-state index contributed by atoms with van der Waals surface area (Å²) in [6.45, 7) is 4.28. The lowest BCUT2D eigenvalue weighted by atomic mass is 10.1. The Morgan fingerprint density at radius 3 is 2.60 bits per heavy atom. The van der Waals surface area contributed by atoms with Crippen LogP contribution in [0.4, 0.5) is 0 Å². The van der Waals surface area contributed by atoms with E-state index in [-0.39, 0.29) is 24.3 Å². The summed E-state index contributed by atoms with van der Waals surface area (Å²) in [5.41, 5.74) is 0.899. The lowest BCUT2D eigenvalue weighted by Gasteiger charge is -2.26. The summed E-state index contributed by atoms with van der Waals surface area (Å²) in [6, 6.07) is 7.09. The molecular formula is C20H27N5O4S. The topological polar surface area (TPSA) is 98.6 Å². The van der Waals surface area contributed by atoms with E-state index >= 15 is 0 Å². The molecule has 1 atom stereocenters. The summed E-state index contributed by atoms with van der Waals surface area (Å²) in [5, 5.41) is 12.0. The Kier molecular flexibility index (Phi) is 7.69. The third kappa shape index (κ3) is 5.73. The smallest absolute Gasteiger partial charge is 0.233 e. The van der Waals surface area contributed by atoms with Gasteiger partial charge in [-0.1, -0.05) is 23.9 Å². The summed E-state index contributed by atoms with van der Waals surface area (Å²) < 4.78 is 12.2. The van der Waals surface area contributed by atoms with E-state index in [1.165, 1.54) is 11.8 Å². The van der Waals surface area contributed by atoms with E-state index < -0.39 is 0 Å². The molecule has 1 aromatic carbocycles. The van der Waals surface area contributed by atoms with Crippen LogP contribution >= 0.6 is 11.8 Å². The first-order valence-corrected chi connectivity index (χ1v) is 10.8. The third-order valence-electron chi connectivity index (χ3n) is 4.85. The lowest BCUT2D eigenvalue weighted by molar-refractivity contribution is -0.132. The number of aromatic nitrogens is 3. The number of morpholine rings is 1. The molecule has 2 aromatic rings. The van der Waals surface area contributed by atoms with Crippen LogP contribution in [0.5, 0.6) is 5.75 Å². The minimum absolute atomic E-state index is 0.0636. The molecule has 0 aliphatic carbocycles. The number of rotatable bonds is 8. The number of benzene rings is 1. The molecule has 3 rings (SSSR count). The van der Waals surface area contributed by atoms with Crippen molar-refractivity contribution in [1.29, 1.82) is 0 Å². The Labute approximate surface area is 180 Å². The summed E-state index contributed by atoms with van der Waals surface area (Å²) in [7, 11) is 3.44. The van der Waals surface area contributed by atoms with Crippen molar-refractivity contribution < 1.29 is 19.1 Å². The summed E-state index contributed by atoms with van der Waals surface area (Å²) in [5.74, 6) is 1.65. The van der Waals surface area contributed by atoms with Gasteiger partial charge in [-0.15, -0.1) is 10.2 Å². The maximum absolute atomic E-state index is 12.4. The standard InChI is InChI=1S/C20H27N5O4S/c1-14(21-17(26)12-15-4-6-16(28-3)7-5-15)19-22-23-20(24(19)2)30-13-18(27)25-8-10-29-11-9-25/h4-7,14H,8-13H2,1-3H3,(H,21,26). The number of carbonyl (C=O) groups is 2. The number of carbonyl (C=O) groups excluding carboxylic acids is 2. The Balaban J connectivity index is 1.52. The van der Waals surface area contributed by atoms with Crippen LogP contribution in [-0.4, -0.2) is 70.6 Å². The van der Waals surface area contributed by atoms with E-state index in [0.29, 0.717) is 43.0 Å². The van der Waals surface area contributed by atoms with Crippen molar-refractivity contribution >= 4 is 23.6 Å². The summed E-state index contributed by atoms with van der Waals surface area (Å²) in [6.07, 6.45) is 0.266. The molecule has 0 spiro atoms. The highest BCUT2D eigenvalue weighted by atomic mass is 32.2. The number of methoxy groups -OCH3 is 1. The molecular weight excluding hydrogens is 406 g/mol. The monoisotopic (exact) mass is 433 g/mol. The van der Waals surface area contributed by atoms with Crippen LogP contribution in [0.15, 0.2) is 29.4 Å². The van der Waals surface area contributed by atoms with Gasteiger partial charge in [-0.2, -0.15) is 0 Å². The van der Waals surface area contributed by atoms with Gasteiger partial charge in [-0.25, -0.2) is 0 Å². The second kappa shape index (κ2) is 10.4. The van der Waals surface area contributed by atoms with Crippen molar-refractivity contribution in [2.24, 2.45) is 7.05 Å². The number of thioether (sulfide) groups is 1. The van der Waals surface area contributed by atoms with Crippen molar-refractivity contribution in [2.45, 2.75) is 24.5 Å². The fraction of sp³-hybridized carbons (Fsp3) is 0.500. The van der Waals surface area contributed by atoms with Crippen molar-refractivity contribution in [3.8, 4) is 5.75 Å².